The number of carbonyl (C=O) groups excluding carboxylic acids is 1. The van der Waals surface area contributed by atoms with Crippen molar-refractivity contribution in [3.63, 3.8) is 0 Å². The van der Waals surface area contributed by atoms with E-state index < -0.39 is 18.5 Å². The van der Waals surface area contributed by atoms with Crippen molar-refractivity contribution >= 4 is 40.7 Å². The minimum absolute atomic E-state index is 0.0670. The molecule has 0 saturated heterocycles. The third-order valence-corrected chi connectivity index (χ3v) is 6.60. The van der Waals surface area contributed by atoms with Crippen LogP contribution in [0.4, 0.5) is 11.4 Å². The van der Waals surface area contributed by atoms with Crippen LogP contribution in [0.3, 0.4) is 0 Å². The maximum absolute atomic E-state index is 13.3. The Kier molecular flexibility index (Phi) is 12.2. The number of hydrogen-bond donors (Lipinski definition) is 5. The highest BCUT2D eigenvalue weighted by Gasteiger charge is 2.18. The van der Waals surface area contributed by atoms with Crippen molar-refractivity contribution in [3.8, 4) is 11.5 Å². The van der Waals surface area contributed by atoms with E-state index >= 15 is 0 Å². The van der Waals surface area contributed by atoms with Gasteiger partial charge in [-0.3, -0.25) is 10.2 Å². The second-order valence-corrected chi connectivity index (χ2v) is 10.7. The number of amides is 1. The summed E-state index contributed by atoms with van der Waals surface area (Å²) in [5.41, 5.74) is 9.05. The highest BCUT2D eigenvalue weighted by atomic mass is 35.5. The van der Waals surface area contributed by atoms with Gasteiger partial charge in [0.25, 0.3) is 5.91 Å². The number of nitrogens with two attached hydrogens (primary N) is 1. The van der Waals surface area contributed by atoms with Crippen LogP contribution in [0.1, 0.15) is 34.0 Å². The lowest BCUT2D eigenvalue weighted by molar-refractivity contribution is -0.139. The summed E-state index contributed by atoms with van der Waals surface area (Å²) in [5, 5.41) is 23.4. The van der Waals surface area contributed by atoms with Crippen molar-refractivity contribution < 1.29 is 24.2 Å². The Balaban J connectivity index is 1.90. The smallest absolute Gasteiger partial charge is 0.341 e. The maximum atomic E-state index is 13.3. The van der Waals surface area contributed by atoms with E-state index in [0.29, 0.717) is 57.7 Å². The summed E-state index contributed by atoms with van der Waals surface area (Å²) < 4.78 is 11.6. The van der Waals surface area contributed by atoms with Crippen LogP contribution < -0.4 is 25.8 Å². The fraction of sp³-hybridized carbons (Fsp3) is 0.323. The fourth-order valence-electron chi connectivity index (χ4n) is 4.25. The molecule has 230 valence electrons. The lowest BCUT2D eigenvalue weighted by Gasteiger charge is -2.22. The molecule has 0 aliphatic carbocycles. The molecule has 0 radical (unpaired) electrons. The highest BCUT2D eigenvalue weighted by molar-refractivity contribution is 6.31. The van der Waals surface area contributed by atoms with Gasteiger partial charge in [-0.05, 0) is 88.2 Å². The Hall–Kier alpha value is -4.32. The molecule has 0 aliphatic rings. The number of carbonyl (C=O) groups is 2. The van der Waals surface area contributed by atoms with Gasteiger partial charge < -0.3 is 40.7 Å². The van der Waals surface area contributed by atoms with Crippen LogP contribution in [0.2, 0.25) is 5.02 Å². The summed E-state index contributed by atoms with van der Waals surface area (Å²) in [4.78, 5) is 28.9. The maximum Gasteiger partial charge on any atom is 0.341 e. The summed E-state index contributed by atoms with van der Waals surface area (Å²) in [6, 6.07) is 15.4. The molecular weight excluding hydrogens is 572 g/mol. The van der Waals surface area contributed by atoms with E-state index in [9.17, 15) is 14.7 Å². The zero-order chi connectivity index (χ0) is 31.5. The van der Waals surface area contributed by atoms with E-state index in [1.165, 1.54) is 0 Å². The van der Waals surface area contributed by atoms with Crippen LogP contribution in [0.25, 0.3) is 0 Å². The number of aliphatic carboxylic acids is 1. The molecule has 0 aromatic heterocycles. The second-order valence-electron chi connectivity index (χ2n) is 10.2. The van der Waals surface area contributed by atoms with Gasteiger partial charge in [0.15, 0.2) is 18.1 Å². The predicted octanol–water partition coefficient (Wildman–Crippen LogP) is 4.34. The van der Waals surface area contributed by atoms with Gasteiger partial charge in [0.1, 0.15) is 5.84 Å². The van der Waals surface area contributed by atoms with Gasteiger partial charge in [-0.15, -0.1) is 0 Å². The number of nitrogens with zero attached hydrogens (tertiary/aromatic N) is 2. The Bertz CT molecular complexity index is 1430. The van der Waals surface area contributed by atoms with E-state index in [-0.39, 0.29) is 12.4 Å². The molecule has 0 unspecified atom stereocenters. The zero-order valence-corrected chi connectivity index (χ0v) is 25.6. The number of nitrogens with one attached hydrogen (secondary N) is 3. The topological polar surface area (TPSA) is 153 Å². The molecule has 3 aromatic carbocycles. The molecule has 3 aromatic rings. The quantitative estimate of drug-likeness (QED) is 0.118. The number of amidine groups is 1. The lowest BCUT2D eigenvalue weighted by Crippen LogP contribution is -2.28. The molecule has 0 saturated carbocycles. The van der Waals surface area contributed by atoms with Crippen molar-refractivity contribution in [1.29, 1.82) is 5.41 Å². The average Bonchev–Trinajstić information content (AvgIpc) is 2.95. The van der Waals surface area contributed by atoms with Crippen molar-refractivity contribution in [2.75, 3.05) is 58.1 Å². The number of likely N-dealkylation sites (N-methyl/N-ethyl adjacent to an activating group) is 2. The van der Waals surface area contributed by atoms with Gasteiger partial charge in [-0.1, -0.05) is 11.6 Å². The molecule has 1 amide bonds. The van der Waals surface area contributed by atoms with Gasteiger partial charge in [-0.2, -0.15) is 0 Å². The van der Waals surface area contributed by atoms with Crippen LogP contribution in [0.5, 0.6) is 11.5 Å². The number of carboxylic acids is 1. The van der Waals surface area contributed by atoms with Gasteiger partial charge in [-0.25, -0.2) is 4.79 Å². The van der Waals surface area contributed by atoms with E-state index in [2.05, 4.69) is 20.4 Å². The number of hydrogen-bond acceptors (Lipinski definition) is 8. The lowest BCUT2D eigenvalue weighted by atomic mass is 10.1. The number of halogens is 1. The summed E-state index contributed by atoms with van der Waals surface area (Å²) >= 11 is 6.26. The number of carboxylic acid groups (broad SMARTS) is 1. The first-order valence-electron chi connectivity index (χ1n) is 13.7. The Morgan fingerprint density at radius 2 is 1.74 bits per heavy atom. The minimum atomic E-state index is -1.11. The van der Waals surface area contributed by atoms with Gasteiger partial charge >= 0.3 is 5.97 Å². The number of benzene rings is 3. The molecule has 0 heterocycles. The van der Waals surface area contributed by atoms with Gasteiger partial charge in [0.05, 0.1) is 12.2 Å². The van der Waals surface area contributed by atoms with Crippen LogP contribution in [-0.4, -0.2) is 80.1 Å². The molecule has 12 heteroatoms. The van der Waals surface area contributed by atoms with Crippen molar-refractivity contribution in [2.24, 2.45) is 5.73 Å². The molecular formula is C31H39ClN6O5. The third kappa shape index (κ3) is 10.2. The monoisotopic (exact) mass is 610 g/mol. The first-order valence-corrected chi connectivity index (χ1v) is 14.1. The van der Waals surface area contributed by atoms with E-state index in [1.54, 1.807) is 42.5 Å². The highest BCUT2D eigenvalue weighted by Crippen LogP contribution is 2.35. The van der Waals surface area contributed by atoms with Crippen LogP contribution in [0.15, 0.2) is 54.6 Å². The molecule has 11 nitrogen and oxygen atoms in total. The summed E-state index contributed by atoms with van der Waals surface area (Å²) in [6.07, 6.45) is 0. The molecule has 0 bridgehead atoms. The van der Waals surface area contributed by atoms with E-state index in [1.807, 2.05) is 40.2 Å². The SMILES string of the molecule is CCOc1cc(CN(C)CCN(C)C)cc(CNc2ccc(Cl)cc2C(=O)Nc2ccc(C(=N)N)cc2)c1OCC(=O)O. The molecule has 0 atom stereocenters. The zero-order valence-electron chi connectivity index (χ0n) is 24.9. The summed E-state index contributed by atoms with van der Waals surface area (Å²) in [6.45, 7) is 4.27. The summed E-state index contributed by atoms with van der Waals surface area (Å²) in [7, 11) is 6.08. The van der Waals surface area contributed by atoms with Crippen molar-refractivity contribution in [3.05, 3.63) is 81.9 Å². The van der Waals surface area contributed by atoms with Gasteiger partial charge in [0, 0.05) is 53.7 Å². The Morgan fingerprint density at radius 3 is 2.37 bits per heavy atom. The normalized spacial score (nSPS) is 11.0. The number of anilines is 2. The van der Waals surface area contributed by atoms with Crippen LogP contribution in [-0.2, 0) is 17.9 Å². The minimum Gasteiger partial charge on any atom is -0.490 e. The standard InChI is InChI=1S/C31H39ClN6O5/c1-5-42-27-15-20(18-38(4)13-12-37(2)3)14-22(29(27)43-19-28(39)40)17-35-26-11-8-23(32)16-25(26)31(41)36-24-9-6-21(7-10-24)30(33)34/h6-11,14-16,35H,5,12-13,17-19H2,1-4H3,(H3,33,34)(H,36,41)(H,39,40). The van der Waals surface area contributed by atoms with Crippen molar-refractivity contribution in [1.82, 2.24) is 9.80 Å². The van der Waals surface area contributed by atoms with E-state index in [4.69, 9.17) is 32.2 Å². The first kappa shape index (κ1) is 33.2. The molecule has 0 aliphatic heterocycles. The van der Waals surface area contributed by atoms with Crippen LogP contribution >= 0.6 is 11.6 Å². The molecule has 3 rings (SSSR count). The second kappa shape index (κ2) is 15.8. The molecule has 0 spiro atoms. The number of nitrogen functional groups attached to an aromatic ring is 1. The average molecular weight is 611 g/mol. The molecule has 6 N–H and O–H groups in total. The van der Waals surface area contributed by atoms with E-state index in [0.717, 1.165) is 18.7 Å². The van der Waals surface area contributed by atoms with Gasteiger partial charge in [0.2, 0.25) is 0 Å². The first-order chi connectivity index (χ1) is 20.5. The number of rotatable bonds is 16. The molecule has 0 fully saturated rings. The largest absolute Gasteiger partial charge is 0.490 e. The molecule has 43 heavy (non-hydrogen) atoms. The fourth-order valence-corrected chi connectivity index (χ4v) is 4.42. The third-order valence-electron chi connectivity index (χ3n) is 6.36. The summed E-state index contributed by atoms with van der Waals surface area (Å²) in [5.74, 6) is -0.803. The Labute approximate surface area is 257 Å². The predicted molar refractivity (Wildman–Crippen MR) is 170 cm³/mol. The van der Waals surface area contributed by atoms with Crippen molar-refractivity contribution in [2.45, 2.75) is 20.0 Å². The Morgan fingerprint density at radius 1 is 1.02 bits per heavy atom. The number of ether oxygens (including phenoxy) is 2. The van der Waals surface area contributed by atoms with Crippen LogP contribution in [0, 0.1) is 5.41 Å².